The average molecular weight is 150 g/mol. The highest BCUT2D eigenvalue weighted by Crippen LogP contribution is 2.00. The van der Waals surface area contributed by atoms with Crippen molar-refractivity contribution in [2.45, 2.75) is 13.3 Å². The first-order valence-corrected chi connectivity index (χ1v) is 3.48. The molecule has 1 rings (SSSR count). The number of rotatable bonds is 2. The van der Waals surface area contributed by atoms with Crippen LogP contribution in [0, 0.1) is 0 Å². The van der Waals surface area contributed by atoms with Gasteiger partial charge in [-0.05, 0) is 24.1 Å². The number of aryl methyl sites for hydroxylation is 1. The zero-order valence-corrected chi connectivity index (χ0v) is 6.37. The van der Waals surface area contributed by atoms with Gasteiger partial charge in [0.2, 0.25) is 0 Å². The van der Waals surface area contributed by atoms with Crippen LogP contribution in [0.25, 0.3) is 0 Å². The molecule has 0 spiro atoms. The van der Waals surface area contributed by atoms with E-state index in [-0.39, 0.29) is 0 Å². The van der Waals surface area contributed by atoms with Gasteiger partial charge in [-0.15, -0.1) is 0 Å². The Hall–Kier alpha value is -1.38. The number of amides is 1. The Morgan fingerprint density at radius 3 is 3.00 bits per heavy atom. The van der Waals surface area contributed by atoms with Gasteiger partial charge in [-0.2, -0.15) is 0 Å². The highest BCUT2D eigenvalue weighted by Gasteiger charge is 2.00. The van der Waals surface area contributed by atoms with Crippen molar-refractivity contribution in [1.29, 1.82) is 0 Å². The van der Waals surface area contributed by atoms with Crippen LogP contribution < -0.4 is 5.73 Å². The smallest absolute Gasteiger partial charge is 0.267 e. The van der Waals surface area contributed by atoms with Crippen molar-refractivity contribution in [1.82, 2.24) is 4.98 Å². The van der Waals surface area contributed by atoms with E-state index in [2.05, 4.69) is 4.98 Å². The monoisotopic (exact) mass is 150 g/mol. The minimum atomic E-state index is -0.472. The maximum atomic E-state index is 10.6. The van der Waals surface area contributed by atoms with Gasteiger partial charge in [0.25, 0.3) is 5.91 Å². The first kappa shape index (κ1) is 7.72. The van der Waals surface area contributed by atoms with Crippen molar-refractivity contribution in [2.24, 2.45) is 5.73 Å². The number of hydrogen-bond donors (Lipinski definition) is 1. The fourth-order valence-corrected chi connectivity index (χ4v) is 0.829. The van der Waals surface area contributed by atoms with Crippen molar-refractivity contribution in [3.8, 4) is 0 Å². The summed E-state index contributed by atoms with van der Waals surface area (Å²) < 4.78 is 0. The maximum absolute atomic E-state index is 10.6. The largest absolute Gasteiger partial charge is 0.364 e. The van der Waals surface area contributed by atoms with E-state index in [1.165, 1.54) is 0 Å². The van der Waals surface area contributed by atoms with Crippen LogP contribution in [0.4, 0.5) is 0 Å². The standard InChI is InChI=1S/C8H10N2O/c1-2-6-3-4-10-7(5-6)8(9)11/h3-5H,2H2,1H3,(H2,9,11). The predicted molar refractivity (Wildman–Crippen MR) is 42.1 cm³/mol. The number of nitrogens with two attached hydrogens (primary N) is 1. The summed E-state index contributed by atoms with van der Waals surface area (Å²) in [6.45, 7) is 2.01. The second-order valence-electron chi connectivity index (χ2n) is 2.27. The van der Waals surface area contributed by atoms with Crippen molar-refractivity contribution >= 4 is 5.91 Å². The summed E-state index contributed by atoms with van der Waals surface area (Å²) in [5.41, 5.74) is 6.45. The molecule has 0 bridgehead atoms. The molecule has 0 aliphatic carbocycles. The van der Waals surface area contributed by atoms with E-state index in [4.69, 9.17) is 5.73 Å². The average Bonchev–Trinajstić information content (AvgIpc) is 2.05. The molecule has 1 aromatic heterocycles. The molecule has 2 N–H and O–H groups in total. The Morgan fingerprint density at radius 2 is 2.45 bits per heavy atom. The molecule has 1 aromatic rings. The van der Waals surface area contributed by atoms with E-state index >= 15 is 0 Å². The van der Waals surface area contributed by atoms with Crippen LogP contribution in [0.1, 0.15) is 23.0 Å². The molecule has 58 valence electrons. The van der Waals surface area contributed by atoms with E-state index in [9.17, 15) is 4.79 Å². The van der Waals surface area contributed by atoms with Gasteiger partial charge in [-0.25, -0.2) is 0 Å². The molecular formula is C8H10N2O. The van der Waals surface area contributed by atoms with Crippen LogP contribution in [0.5, 0.6) is 0 Å². The molecule has 0 aliphatic heterocycles. The van der Waals surface area contributed by atoms with Gasteiger partial charge in [0, 0.05) is 6.20 Å². The van der Waals surface area contributed by atoms with E-state index in [1.54, 1.807) is 12.3 Å². The minimum absolute atomic E-state index is 0.337. The lowest BCUT2D eigenvalue weighted by Crippen LogP contribution is -2.12. The molecule has 0 fully saturated rings. The summed E-state index contributed by atoms with van der Waals surface area (Å²) in [6, 6.07) is 3.58. The molecule has 0 saturated carbocycles. The fourth-order valence-electron chi connectivity index (χ4n) is 0.829. The maximum Gasteiger partial charge on any atom is 0.267 e. The van der Waals surface area contributed by atoms with E-state index in [0.717, 1.165) is 12.0 Å². The van der Waals surface area contributed by atoms with Crippen molar-refractivity contribution in [2.75, 3.05) is 0 Å². The molecule has 0 atom stereocenters. The van der Waals surface area contributed by atoms with Crippen LogP contribution in [0.3, 0.4) is 0 Å². The molecule has 1 heterocycles. The number of carbonyl (C=O) groups is 1. The van der Waals surface area contributed by atoms with Crippen LogP contribution in [0.2, 0.25) is 0 Å². The minimum Gasteiger partial charge on any atom is -0.364 e. The van der Waals surface area contributed by atoms with Crippen molar-refractivity contribution in [3.05, 3.63) is 29.6 Å². The molecule has 11 heavy (non-hydrogen) atoms. The lowest BCUT2D eigenvalue weighted by Gasteiger charge is -1.96. The van der Waals surface area contributed by atoms with Gasteiger partial charge in [0.15, 0.2) is 0 Å². The molecular weight excluding hydrogens is 140 g/mol. The van der Waals surface area contributed by atoms with Gasteiger partial charge in [0.05, 0.1) is 0 Å². The number of nitrogens with zero attached hydrogens (tertiary/aromatic N) is 1. The van der Waals surface area contributed by atoms with Crippen molar-refractivity contribution < 1.29 is 4.79 Å². The summed E-state index contributed by atoms with van der Waals surface area (Å²) in [5.74, 6) is -0.472. The number of carbonyl (C=O) groups excluding carboxylic acids is 1. The van der Waals surface area contributed by atoms with E-state index in [1.807, 2.05) is 13.0 Å². The summed E-state index contributed by atoms with van der Waals surface area (Å²) in [4.78, 5) is 14.4. The number of hydrogen-bond acceptors (Lipinski definition) is 2. The zero-order chi connectivity index (χ0) is 8.27. The molecule has 0 aromatic carbocycles. The Balaban J connectivity index is 3.01. The Bertz CT molecular complexity index is 271. The van der Waals surface area contributed by atoms with E-state index in [0.29, 0.717) is 5.69 Å². The Kier molecular flexibility index (Phi) is 2.21. The third-order valence-corrected chi connectivity index (χ3v) is 1.49. The zero-order valence-electron chi connectivity index (χ0n) is 6.37. The molecule has 3 heteroatoms. The Morgan fingerprint density at radius 1 is 1.73 bits per heavy atom. The SMILES string of the molecule is CCc1ccnc(C(N)=O)c1. The third kappa shape index (κ3) is 1.77. The first-order valence-electron chi connectivity index (χ1n) is 3.48. The van der Waals surface area contributed by atoms with Gasteiger partial charge in [-0.1, -0.05) is 6.92 Å². The topological polar surface area (TPSA) is 56.0 Å². The lowest BCUT2D eigenvalue weighted by atomic mass is 10.2. The predicted octanol–water partition coefficient (Wildman–Crippen LogP) is 0.743. The molecule has 0 saturated heterocycles. The quantitative estimate of drug-likeness (QED) is 0.676. The fraction of sp³-hybridized carbons (Fsp3) is 0.250. The second kappa shape index (κ2) is 3.14. The van der Waals surface area contributed by atoms with Gasteiger partial charge >= 0.3 is 0 Å². The molecule has 0 radical (unpaired) electrons. The number of primary amides is 1. The Labute approximate surface area is 65.2 Å². The van der Waals surface area contributed by atoms with Crippen LogP contribution in [0.15, 0.2) is 18.3 Å². The summed E-state index contributed by atoms with van der Waals surface area (Å²) >= 11 is 0. The van der Waals surface area contributed by atoms with Crippen LogP contribution in [-0.2, 0) is 6.42 Å². The van der Waals surface area contributed by atoms with Gasteiger partial charge in [-0.3, -0.25) is 9.78 Å². The molecule has 1 amide bonds. The number of aromatic nitrogens is 1. The highest BCUT2D eigenvalue weighted by molar-refractivity contribution is 5.90. The summed E-state index contributed by atoms with van der Waals surface area (Å²) in [5, 5.41) is 0. The molecule has 3 nitrogen and oxygen atoms in total. The molecule has 0 unspecified atom stereocenters. The van der Waals surface area contributed by atoms with Gasteiger partial charge in [0.1, 0.15) is 5.69 Å². The van der Waals surface area contributed by atoms with E-state index < -0.39 is 5.91 Å². The number of pyridine rings is 1. The lowest BCUT2D eigenvalue weighted by molar-refractivity contribution is 0.0995. The van der Waals surface area contributed by atoms with Crippen LogP contribution in [-0.4, -0.2) is 10.9 Å². The first-order chi connectivity index (χ1) is 5.24. The second-order valence-corrected chi connectivity index (χ2v) is 2.27. The summed E-state index contributed by atoms with van der Waals surface area (Å²) in [6.07, 6.45) is 2.49. The highest BCUT2D eigenvalue weighted by atomic mass is 16.1. The summed E-state index contributed by atoms with van der Waals surface area (Å²) in [7, 11) is 0. The normalized spacial score (nSPS) is 9.55. The van der Waals surface area contributed by atoms with Crippen molar-refractivity contribution in [3.63, 3.8) is 0 Å². The van der Waals surface area contributed by atoms with Crippen LogP contribution >= 0.6 is 0 Å². The third-order valence-electron chi connectivity index (χ3n) is 1.49. The molecule has 0 aliphatic rings. The van der Waals surface area contributed by atoms with Gasteiger partial charge < -0.3 is 5.73 Å².